The molecular weight excluding hydrogens is 386 g/mol. The van der Waals surface area contributed by atoms with Crippen molar-refractivity contribution in [1.29, 1.82) is 0 Å². The van der Waals surface area contributed by atoms with Gasteiger partial charge in [0.25, 0.3) is 0 Å². The van der Waals surface area contributed by atoms with E-state index in [0.29, 0.717) is 6.04 Å². The van der Waals surface area contributed by atoms with Crippen LogP contribution in [0.2, 0.25) is 0 Å². The Balaban J connectivity index is 1.53. The summed E-state index contributed by atoms with van der Waals surface area (Å²) < 4.78 is 16.3. The minimum Gasteiger partial charge on any atom is -0.497 e. The molecule has 0 bridgehead atoms. The van der Waals surface area contributed by atoms with Gasteiger partial charge in [-0.15, -0.1) is 0 Å². The molecule has 4 rings (SSSR count). The van der Waals surface area contributed by atoms with Gasteiger partial charge in [-0.2, -0.15) is 0 Å². The summed E-state index contributed by atoms with van der Waals surface area (Å²) in [4.78, 5) is 4.67. The van der Waals surface area contributed by atoms with Crippen molar-refractivity contribution in [2.75, 3.05) is 39.4 Å². The summed E-state index contributed by atoms with van der Waals surface area (Å²) in [6, 6.07) is 14.4. The van der Waals surface area contributed by atoms with Crippen LogP contribution in [0.1, 0.15) is 18.4 Å². The largest absolute Gasteiger partial charge is 0.497 e. The number of fused-ring (bicyclic) bond motifs is 1. The molecular formula is C22H27N3O3S. The number of nitrogens with one attached hydrogen (secondary N) is 1. The Kier molecular flexibility index (Phi) is 6.06. The number of likely N-dealkylation sites (tertiary alicyclic amines) is 1. The molecule has 154 valence electrons. The molecule has 0 saturated carbocycles. The Morgan fingerprint density at radius 2 is 1.97 bits per heavy atom. The molecule has 2 aromatic rings. The topological polar surface area (TPSA) is 46.2 Å². The summed E-state index contributed by atoms with van der Waals surface area (Å²) in [7, 11) is 3.84. The lowest BCUT2D eigenvalue weighted by molar-refractivity contribution is 0.172. The van der Waals surface area contributed by atoms with Crippen molar-refractivity contribution >= 4 is 23.0 Å². The highest BCUT2D eigenvalue weighted by Crippen LogP contribution is 2.33. The van der Waals surface area contributed by atoms with Gasteiger partial charge in [-0.05, 0) is 75.0 Å². The van der Waals surface area contributed by atoms with E-state index in [9.17, 15) is 0 Å². The van der Waals surface area contributed by atoms with Gasteiger partial charge in [0.15, 0.2) is 16.6 Å². The minimum atomic E-state index is 0.285. The van der Waals surface area contributed by atoms with Crippen molar-refractivity contribution in [2.45, 2.75) is 25.4 Å². The van der Waals surface area contributed by atoms with Crippen molar-refractivity contribution in [2.24, 2.45) is 0 Å². The average molecular weight is 414 g/mol. The summed E-state index contributed by atoms with van der Waals surface area (Å²) in [5, 5.41) is 4.13. The zero-order chi connectivity index (χ0) is 20.2. The van der Waals surface area contributed by atoms with E-state index in [1.807, 2.05) is 30.3 Å². The molecule has 29 heavy (non-hydrogen) atoms. The minimum absolute atomic E-state index is 0.285. The van der Waals surface area contributed by atoms with Crippen molar-refractivity contribution in [1.82, 2.24) is 9.80 Å². The number of piperidine rings is 1. The third-order valence-corrected chi connectivity index (χ3v) is 5.84. The fourth-order valence-electron chi connectivity index (χ4n) is 3.81. The highest BCUT2D eigenvalue weighted by molar-refractivity contribution is 7.80. The fourth-order valence-corrected chi connectivity index (χ4v) is 4.14. The Labute approximate surface area is 177 Å². The van der Waals surface area contributed by atoms with Crippen LogP contribution >= 0.6 is 12.2 Å². The summed E-state index contributed by atoms with van der Waals surface area (Å²) >= 11 is 5.85. The molecule has 0 radical (unpaired) electrons. The second-order valence-corrected chi connectivity index (χ2v) is 7.90. The molecule has 0 aromatic heterocycles. The smallest absolute Gasteiger partial charge is 0.231 e. The van der Waals surface area contributed by atoms with Crippen molar-refractivity contribution in [3.8, 4) is 17.2 Å². The Hall–Kier alpha value is -2.51. The number of hydrogen-bond acceptors (Lipinski definition) is 5. The third kappa shape index (κ3) is 4.74. The summed E-state index contributed by atoms with van der Waals surface area (Å²) in [6.45, 7) is 3.16. The zero-order valence-corrected chi connectivity index (χ0v) is 17.7. The van der Waals surface area contributed by atoms with E-state index >= 15 is 0 Å². The monoisotopic (exact) mass is 413 g/mol. The first kappa shape index (κ1) is 19.8. The van der Waals surface area contributed by atoms with Gasteiger partial charge < -0.3 is 29.3 Å². The van der Waals surface area contributed by atoms with Crippen LogP contribution in [0.5, 0.6) is 17.2 Å². The van der Waals surface area contributed by atoms with Gasteiger partial charge in [-0.25, -0.2) is 0 Å². The summed E-state index contributed by atoms with van der Waals surface area (Å²) in [6.07, 6.45) is 2.17. The van der Waals surface area contributed by atoms with Crippen molar-refractivity contribution in [3.05, 3.63) is 48.0 Å². The highest BCUT2D eigenvalue weighted by atomic mass is 32.1. The molecule has 1 fully saturated rings. The normalized spacial score (nSPS) is 16.5. The van der Waals surface area contributed by atoms with Crippen LogP contribution < -0.4 is 19.5 Å². The zero-order valence-electron chi connectivity index (χ0n) is 16.9. The molecule has 2 aliphatic heterocycles. The molecule has 0 spiro atoms. The van der Waals surface area contributed by atoms with Gasteiger partial charge in [-0.1, -0.05) is 12.1 Å². The Bertz CT molecular complexity index is 868. The first-order valence-electron chi connectivity index (χ1n) is 9.91. The van der Waals surface area contributed by atoms with E-state index in [-0.39, 0.29) is 6.79 Å². The molecule has 0 amide bonds. The van der Waals surface area contributed by atoms with Crippen LogP contribution in [-0.2, 0) is 6.54 Å². The molecule has 2 aliphatic rings. The SMILES string of the molecule is COc1cccc(NC(=S)N(Cc2ccc3c(c2)OCO3)C2CCN(C)CC2)c1. The van der Waals surface area contributed by atoms with Crippen LogP contribution in [0.25, 0.3) is 0 Å². The maximum absolute atomic E-state index is 5.85. The van der Waals surface area contributed by atoms with Crippen molar-refractivity contribution in [3.63, 3.8) is 0 Å². The number of anilines is 1. The summed E-state index contributed by atoms with van der Waals surface area (Å²) in [5.41, 5.74) is 2.08. The molecule has 6 nitrogen and oxygen atoms in total. The fraction of sp³-hybridized carbons (Fsp3) is 0.409. The van der Waals surface area contributed by atoms with Crippen LogP contribution in [0, 0.1) is 0 Å². The van der Waals surface area contributed by atoms with Gasteiger partial charge in [0.2, 0.25) is 6.79 Å². The molecule has 2 heterocycles. The van der Waals surface area contributed by atoms with Crippen molar-refractivity contribution < 1.29 is 14.2 Å². The molecule has 7 heteroatoms. The van der Waals surface area contributed by atoms with Crippen LogP contribution in [0.4, 0.5) is 5.69 Å². The van der Waals surface area contributed by atoms with E-state index in [1.54, 1.807) is 7.11 Å². The lowest BCUT2D eigenvalue weighted by Gasteiger charge is -2.39. The predicted molar refractivity (Wildman–Crippen MR) is 118 cm³/mol. The van der Waals surface area contributed by atoms with E-state index < -0.39 is 0 Å². The second-order valence-electron chi connectivity index (χ2n) is 7.51. The number of rotatable bonds is 5. The molecule has 1 N–H and O–H groups in total. The molecule has 0 unspecified atom stereocenters. The maximum atomic E-state index is 5.85. The lowest BCUT2D eigenvalue weighted by Crippen LogP contribution is -2.47. The van der Waals surface area contributed by atoms with Gasteiger partial charge >= 0.3 is 0 Å². The van der Waals surface area contributed by atoms with Gasteiger partial charge in [0.05, 0.1) is 7.11 Å². The third-order valence-electron chi connectivity index (χ3n) is 5.50. The highest BCUT2D eigenvalue weighted by Gasteiger charge is 2.26. The van der Waals surface area contributed by atoms with Gasteiger partial charge in [0, 0.05) is 24.3 Å². The lowest BCUT2D eigenvalue weighted by atomic mass is 10.0. The first-order chi connectivity index (χ1) is 14.1. The van der Waals surface area contributed by atoms with Gasteiger partial charge in [0.1, 0.15) is 5.75 Å². The van der Waals surface area contributed by atoms with E-state index in [2.05, 4.69) is 34.3 Å². The van der Waals surface area contributed by atoms with Crippen LogP contribution in [-0.4, -0.2) is 55.0 Å². The second kappa shape index (κ2) is 8.88. The number of hydrogen-bond donors (Lipinski definition) is 1. The standard InChI is InChI=1S/C22H27N3O3S/c1-24-10-8-18(9-11-24)25(14-16-6-7-20-21(12-16)28-15-27-20)22(29)23-17-4-3-5-19(13-17)26-2/h3-7,12-13,18H,8-11,14-15H2,1-2H3,(H,23,29). The number of nitrogens with zero attached hydrogens (tertiary/aromatic N) is 2. The number of thiocarbonyl (C=S) groups is 1. The molecule has 0 atom stereocenters. The Morgan fingerprint density at radius 3 is 2.76 bits per heavy atom. The first-order valence-corrected chi connectivity index (χ1v) is 10.3. The van der Waals surface area contributed by atoms with Gasteiger partial charge in [-0.3, -0.25) is 0 Å². The quantitative estimate of drug-likeness (QED) is 0.750. The number of benzene rings is 2. The molecule has 0 aliphatic carbocycles. The Morgan fingerprint density at radius 1 is 1.17 bits per heavy atom. The van der Waals surface area contributed by atoms with E-state index in [4.69, 9.17) is 26.4 Å². The predicted octanol–water partition coefficient (Wildman–Crippen LogP) is 3.72. The maximum Gasteiger partial charge on any atom is 0.231 e. The van der Waals surface area contributed by atoms with E-state index in [1.165, 1.54) is 0 Å². The molecule has 1 saturated heterocycles. The number of methoxy groups -OCH3 is 1. The number of ether oxygens (including phenoxy) is 3. The summed E-state index contributed by atoms with van der Waals surface area (Å²) in [5.74, 6) is 2.41. The van der Waals surface area contributed by atoms with Crippen LogP contribution in [0.3, 0.4) is 0 Å². The average Bonchev–Trinajstić information content (AvgIpc) is 3.21. The van der Waals surface area contributed by atoms with E-state index in [0.717, 1.165) is 66.1 Å². The van der Waals surface area contributed by atoms with Crippen LogP contribution in [0.15, 0.2) is 42.5 Å². The molecule has 2 aromatic carbocycles.